The molecule has 8 nitrogen and oxygen atoms in total. The number of hydrogen-bond acceptors (Lipinski definition) is 7. The van der Waals surface area contributed by atoms with E-state index in [4.69, 9.17) is 4.74 Å². The maximum Gasteiger partial charge on any atom is 0.373 e. The van der Waals surface area contributed by atoms with Gasteiger partial charge in [0.1, 0.15) is 6.20 Å². The van der Waals surface area contributed by atoms with Crippen LogP contribution in [0.5, 0.6) is 0 Å². The topological polar surface area (TPSA) is 76.2 Å². The monoisotopic (exact) mass is 309 g/mol. The lowest BCUT2D eigenvalue weighted by Crippen LogP contribution is -2.48. The molecule has 4 rings (SSSR count). The van der Waals surface area contributed by atoms with Crippen LogP contribution in [0.1, 0.15) is 0 Å². The van der Waals surface area contributed by atoms with Gasteiger partial charge in [0.2, 0.25) is 5.82 Å². The first-order valence-corrected chi connectivity index (χ1v) is 7.70. The number of anilines is 1. The molecule has 0 bridgehead atoms. The van der Waals surface area contributed by atoms with Gasteiger partial charge >= 0.3 is 5.82 Å². The summed E-state index contributed by atoms with van der Waals surface area (Å²) in [6, 6.07) is 0.276. The van der Waals surface area contributed by atoms with Crippen LogP contribution in [0.25, 0.3) is 4.96 Å². The van der Waals surface area contributed by atoms with E-state index in [1.165, 1.54) is 11.3 Å². The standard InChI is InChI=1S/C12H15N5O3S/c1-14-2-4-20-9-7-15(6-8(9)14)10-11(17(18)19)16-3-5-21-12(16)13-10/h3,5,8-9H,2,4,6-7H2,1H3. The zero-order chi connectivity index (χ0) is 14.6. The average molecular weight is 309 g/mol. The fourth-order valence-electron chi connectivity index (χ4n) is 3.17. The van der Waals surface area contributed by atoms with Gasteiger partial charge in [-0.05, 0) is 12.0 Å². The molecule has 2 aromatic heterocycles. The molecule has 21 heavy (non-hydrogen) atoms. The molecule has 2 aliphatic heterocycles. The Morgan fingerprint density at radius 1 is 1.52 bits per heavy atom. The molecule has 2 unspecified atom stereocenters. The number of morpholine rings is 1. The second-order valence-electron chi connectivity index (χ2n) is 5.43. The Bertz CT molecular complexity index is 698. The molecular formula is C12H15N5O3S. The summed E-state index contributed by atoms with van der Waals surface area (Å²) >= 11 is 1.40. The van der Waals surface area contributed by atoms with Crippen molar-refractivity contribution in [2.75, 3.05) is 38.2 Å². The smallest absolute Gasteiger partial charge is 0.373 e. The number of rotatable bonds is 2. The summed E-state index contributed by atoms with van der Waals surface area (Å²) in [5.74, 6) is 0.505. The third kappa shape index (κ3) is 1.92. The minimum atomic E-state index is -0.353. The highest BCUT2D eigenvalue weighted by molar-refractivity contribution is 7.15. The van der Waals surface area contributed by atoms with Gasteiger partial charge in [0.15, 0.2) is 0 Å². The quantitative estimate of drug-likeness (QED) is 0.604. The largest absolute Gasteiger partial charge is 0.373 e. The first-order valence-electron chi connectivity index (χ1n) is 6.82. The zero-order valence-electron chi connectivity index (χ0n) is 11.5. The normalized spacial score (nSPS) is 26.4. The highest BCUT2D eigenvalue weighted by Crippen LogP contribution is 2.34. The minimum Gasteiger partial charge on any atom is -0.373 e. The van der Waals surface area contributed by atoms with Gasteiger partial charge in [-0.25, -0.2) is 0 Å². The number of thiazole rings is 1. The molecule has 0 amide bonds. The minimum absolute atomic E-state index is 0.0487. The molecule has 0 N–H and O–H groups in total. The van der Waals surface area contributed by atoms with Crippen molar-refractivity contribution in [3.8, 4) is 0 Å². The molecule has 0 spiro atoms. The van der Waals surface area contributed by atoms with Crippen LogP contribution in [0, 0.1) is 10.1 Å². The van der Waals surface area contributed by atoms with Crippen LogP contribution >= 0.6 is 11.3 Å². The van der Waals surface area contributed by atoms with E-state index >= 15 is 0 Å². The fourth-order valence-corrected chi connectivity index (χ4v) is 3.88. The van der Waals surface area contributed by atoms with Gasteiger partial charge in [0.25, 0.3) is 4.96 Å². The van der Waals surface area contributed by atoms with Crippen LogP contribution in [-0.2, 0) is 4.74 Å². The van der Waals surface area contributed by atoms with Gasteiger partial charge in [-0.2, -0.15) is 9.38 Å². The van der Waals surface area contributed by atoms with Crippen LogP contribution < -0.4 is 4.90 Å². The highest BCUT2D eigenvalue weighted by atomic mass is 32.1. The molecule has 0 aromatic carbocycles. The van der Waals surface area contributed by atoms with E-state index < -0.39 is 0 Å². The Hall–Kier alpha value is -1.71. The summed E-state index contributed by atoms with van der Waals surface area (Å²) in [6.07, 6.45) is 1.79. The Morgan fingerprint density at radius 2 is 2.38 bits per heavy atom. The average Bonchev–Trinajstić information content (AvgIpc) is 3.10. The summed E-state index contributed by atoms with van der Waals surface area (Å²) in [6.45, 7) is 2.98. The van der Waals surface area contributed by atoms with Crippen molar-refractivity contribution in [3.05, 3.63) is 21.7 Å². The van der Waals surface area contributed by atoms with E-state index in [1.54, 1.807) is 16.0 Å². The number of nitrogens with zero attached hydrogens (tertiary/aromatic N) is 5. The zero-order valence-corrected chi connectivity index (χ0v) is 12.3. The lowest BCUT2D eigenvalue weighted by Gasteiger charge is -2.33. The van der Waals surface area contributed by atoms with E-state index in [0.717, 1.165) is 6.54 Å². The van der Waals surface area contributed by atoms with Crippen molar-refractivity contribution in [1.29, 1.82) is 0 Å². The molecule has 9 heteroatoms. The first-order chi connectivity index (χ1) is 10.1. The molecule has 2 fully saturated rings. The van der Waals surface area contributed by atoms with Crippen molar-refractivity contribution in [3.63, 3.8) is 0 Å². The summed E-state index contributed by atoms with van der Waals surface area (Å²) in [5, 5.41) is 13.2. The van der Waals surface area contributed by atoms with Crippen molar-refractivity contribution < 1.29 is 9.66 Å². The fraction of sp³-hybridized carbons (Fsp3) is 0.583. The molecule has 0 saturated carbocycles. The third-order valence-corrected chi connectivity index (χ3v) is 5.03. The SMILES string of the molecule is CN1CCOC2CN(c3nc4sccn4c3[N+](=O)[O-])CC21. The van der Waals surface area contributed by atoms with Crippen molar-refractivity contribution in [2.24, 2.45) is 0 Å². The molecule has 112 valence electrons. The van der Waals surface area contributed by atoms with Crippen molar-refractivity contribution >= 4 is 27.9 Å². The number of ether oxygens (including phenoxy) is 1. The first kappa shape index (κ1) is 13.0. The lowest BCUT2D eigenvalue weighted by atomic mass is 10.1. The van der Waals surface area contributed by atoms with Crippen molar-refractivity contribution in [1.82, 2.24) is 14.3 Å². The van der Waals surface area contributed by atoms with Crippen molar-refractivity contribution in [2.45, 2.75) is 12.1 Å². The predicted molar refractivity (Wildman–Crippen MR) is 78.1 cm³/mol. The Kier molecular flexibility index (Phi) is 2.88. The molecule has 2 saturated heterocycles. The molecule has 2 aliphatic rings. The molecule has 0 aliphatic carbocycles. The molecule has 2 aromatic rings. The second-order valence-corrected chi connectivity index (χ2v) is 6.31. The predicted octanol–water partition coefficient (Wildman–Crippen LogP) is 0.823. The summed E-state index contributed by atoms with van der Waals surface area (Å²) in [5.41, 5.74) is 0. The number of fused-ring (bicyclic) bond motifs is 2. The summed E-state index contributed by atoms with van der Waals surface area (Å²) in [4.78, 5) is 20.4. The Morgan fingerprint density at radius 3 is 3.14 bits per heavy atom. The lowest BCUT2D eigenvalue weighted by molar-refractivity contribution is -0.389. The molecule has 0 radical (unpaired) electrons. The Balaban J connectivity index is 1.72. The van der Waals surface area contributed by atoms with E-state index in [0.29, 0.717) is 30.5 Å². The number of nitro groups is 1. The molecule has 2 atom stereocenters. The number of aromatic nitrogens is 2. The van der Waals surface area contributed by atoms with E-state index in [9.17, 15) is 10.1 Å². The van der Waals surface area contributed by atoms with Gasteiger partial charge < -0.3 is 19.8 Å². The summed E-state index contributed by atoms with van der Waals surface area (Å²) < 4.78 is 7.34. The van der Waals surface area contributed by atoms with E-state index in [-0.39, 0.29) is 22.9 Å². The van der Waals surface area contributed by atoms with Crippen LogP contribution in [0.4, 0.5) is 11.6 Å². The number of imidazole rings is 1. The van der Waals surface area contributed by atoms with Gasteiger partial charge in [-0.15, -0.1) is 0 Å². The van der Waals surface area contributed by atoms with Crippen LogP contribution in [-0.4, -0.2) is 64.6 Å². The van der Waals surface area contributed by atoms with Crippen LogP contribution in [0.2, 0.25) is 0 Å². The number of hydrogen-bond donors (Lipinski definition) is 0. The van der Waals surface area contributed by atoms with E-state index in [1.807, 2.05) is 4.90 Å². The van der Waals surface area contributed by atoms with Crippen LogP contribution in [0.3, 0.4) is 0 Å². The van der Waals surface area contributed by atoms with Gasteiger partial charge in [-0.1, -0.05) is 11.3 Å². The van der Waals surface area contributed by atoms with Crippen LogP contribution in [0.15, 0.2) is 11.6 Å². The molecular weight excluding hydrogens is 294 g/mol. The third-order valence-electron chi connectivity index (χ3n) is 4.27. The second kappa shape index (κ2) is 4.65. The molecule has 4 heterocycles. The van der Waals surface area contributed by atoms with Gasteiger partial charge in [0.05, 0.1) is 18.8 Å². The maximum absolute atomic E-state index is 11.4. The van der Waals surface area contributed by atoms with Gasteiger partial charge in [0, 0.05) is 25.0 Å². The Labute approximate surface area is 124 Å². The maximum atomic E-state index is 11.4. The summed E-state index contributed by atoms with van der Waals surface area (Å²) in [7, 11) is 2.07. The van der Waals surface area contributed by atoms with E-state index in [2.05, 4.69) is 16.9 Å². The van der Waals surface area contributed by atoms with Gasteiger partial charge in [-0.3, -0.25) is 4.90 Å². The highest BCUT2D eigenvalue weighted by Gasteiger charge is 2.42. The number of likely N-dealkylation sites (N-methyl/N-ethyl adjacent to an activating group) is 1.